The zero-order valence-electron chi connectivity index (χ0n) is 24.2. The minimum Gasteiger partial charge on any atom is -0.502 e. The number of phenolic OH excluding ortho intramolecular Hbond substituents is 1. The Morgan fingerprint density at radius 1 is 0.930 bits per heavy atom. The Kier molecular flexibility index (Phi) is 15.1. The first-order valence-corrected chi connectivity index (χ1v) is 13.9. The maximum atomic E-state index is 12.6. The third-order valence-electron chi connectivity index (χ3n) is 6.21. The van der Waals surface area contributed by atoms with Gasteiger partial charge in [-0.3, -0.25) is 9.59 Å². The molecule has 2 aromatic rings. The van der Waals surface area contributed by atoms with Crippen molar-refractivity contribution < 1.29 is 47.9 Å². The number of aromatic hydroxyl groups is 1. The lowest BCUT2D eigenvalue weighted by Crippen LogP contribution is -2.27. The third-order valence-corrected chi connectivity index (χ3v) is 6.21. The summed E-state index contributed by atoms with van der Waals surface area (Å²) in [6.45, 7) is 4.79. The van der Waals surface area contributed by atoms with E-state index in [1.807, 2.05) is 0 Å². The van der Waals surface area contributed by atoms with Crippen LogP contribution in [0.15, 0.2) is 41.5 Å². The van der Waals surface area contributed by atoms with Crippen LogP contribution >= 0.6 is 0 Å². The van der Waals surface area contributed by atoms with Crippen LogP contribution in [0, 0.1) is 0 Å². The maximum absolute atomic E-state index is 12.6. The van der Waals surface area contributed by atoms with Crippen LogP contribution in [0.4, 0.5) is 0 Å². The molecule has 0 radical (unpaired) electrons. The van der Waals surface area contributed by atoms with Crippen molar-refractivity contribution in [3.05, 3.63) is 63.5 Å². The van der Waals surface area contributed by atoms with Crippen LogP contribution in [0.25, 0.3) is 10.4 Å². The summed E-state index contributed by atoms with van der Waals surface area (Å²) in [5.74, 6) is -0.290. The van der Waals surface area contributed by atoms with E-state index in [0.29, 0.717) is 95.8 Å². The Balaban J connectivity index is 1.20. The van der Waals surface area contributed by atoms with Gasteiger partial charge in [-0.05, 0) is 35.4 Å². The Labute approximate surface area is 249 Å². The second-order valence-corrected chi connectivity index (χ2v) is 9.12. The van der Waals surface area contributed by atoms with Crippen LogP contribution in [-0.2, 0) is 23.7 Å². The summed E-state index contributed by atoms with van der Waals surface area (Å²) in [5.41, 5.74) is 9.62. The summed E-state index contributed by atoms with van der Waals surface area (Å²) < 4.78 is 37.9. The van der Waals surface area contributed by atoms with E-state index < -0.39 is 6.10 Å². The molecule has 234 valence electrons. The van der Waals surface area contributed by atoms with E-state index in [4.69, 9.17) is 38.7 Å². The van der Waals surface area contributed by atoms with Crippen molar-refractivity contribution in [3.63, 3.8) is 0 Å². The molecule has 1 amide bonds. The Morgan fingerprint density at radius 2 is 1.51 bits per heavy atom. The van der Waals surface area contributed by atoms with Crippen molar-refractivity contribution in [1.82, 2.24) is 5.32 Å². The summed E-state index contributed by atoms with van der Waals surface area (Å²) in [4.78, 5) is 27.7. The normalized spacial score (nSPS) is 14.0. The number of methoxy groups -OCH3 is 1. The van der Waals surface area contributed by atoms with Crippen LogP contribution in [0.2, 0.25) is 0 Å². The average Bonchev–Trinajstić information content (AvgIpc) is 3.02. The van der Waals surface area contributed by atoms with E-state index in [1.54, 1.807) is 30.3 Å². The molecule has 0 saturated carbocycles. The van der Waals surface area contributed by atoms with E-state index in [9.17, 15) is 14.7 Å². The highest BCUT2D eigenvalue weighted by Gasteiger charge is 2.31. The highest BCUT2D eigenvalue weighted by molar-refractivity contribution is 6.01. The maximum Gasteiger partial charge on any atom is 0.251 e. The first kappa shape index (κ1) is 33.6. The number of ketones is 1. The second kappa shape index (κ2) is 19.3. The number of azide groups is 1. The molecule has 14 heteroatoms. The van der Waals surface area contributed by atoms with Crippen LogP contribution < -0.4 is 14.8 Å². The number of nitrogens with one attached hydrogen (secondary N) is 1. The number of carbonyl (C=O) groups excluding carboxylic acids is 2. The molecular weight excluding hydrogens is 564 g/mol. The minimum atomic E-state index is -0.592. The number of hydrogen-bond donors (Lipinski definition) is 2. The molecular formula is C29H38N4O10. The minimum absolute atomic E-state index is 0.0995. The predicted octanol–water partition coefficient (Wildman–Crippen LogP) is 3.23. The topological polar surface area (TPSA) is 180 Å². The van der Waals surface area contributed by atoms with Crippen molar-refractivity contribution in [2.75, 3.05) is 86.3 Å². The number of hydrogen-bond acceptors (Lipinski definition) is 11. The van der Waals surface area contributed by atoms with Gasteiger partial charge in [-0.2, -0.15) is 0 Å². The number of fused-ring (bicyclic) bond motifs is 1. The van der Waals surface area contributed by atoms with Gasteiger partial charge >= 0.3 is 0 Å². The average molecular weight is 603 g/mol. The molecule has 1 unspecified atom stereocenters. The molecule has 1 aliphatic rings. The van der Waals surface area contributed by atoms with Gasteiger partial charge in [0.25, 0.3) is 5.91 Å². The Bertz CT molecular complexity index is 1200. The highest BCUT2D eigenvalue weighted by atomic mass is 16.6. The molecule has 0 aliphatic carbocycles. The fourth-order valence-corrected chi connectivity index (χ4v) is 4.02. The molecule has 3 rings (SSSR count). The number of rotatable bonds is 21. The molecule has 14 nitrogen and oxygen atoms in total. The number of ether oxygens (including phenoxy) is 7. The van der Waals surface area contributed by atoms with Gasteiger partial charge in [0.05, 0.1) is 85.2 Å². The van der Waals surface area contributed by atoms with Gasteiger partial charge in [-0.25, -0.2) is 0 Å². The molecule has 0 fully saturated rings. The smallest absolute Gasteiger partial charge is 0.251 e. The summed E-state index contributed by atoms with van der Waals surface area (Å²) >= 11 is 0. The van der Waals surface area contributed by atoms with Gasteiger partial charge < -0.3 is 43.6 Å². The number of amides is 1. The molecule has 0 saturated heterocycles. The van der Waals surface area contributed by atoms with Crippen molar-refractivity contribution in [1.29, 1.82) is 0 Å². The van der Waals surface area contributed by atoms with Crippen LogP contribution in [-0.4, -0.2) is 103 Å². The second-order valence-electron chi connectivity index (χ2n) is 9.12. The first-order valence-electron chi connectivity index (χ1n) is 13.9. The molecule has 1 aliphatic heterocycles. The molecule has 2 N–H and O–H groups in total. The molecule has 43 heavy (non-hydrogen) atoms. The van der Waals surface area contributed by atoms with Gasteiger partial charge in [0.15, 0.2) is 17.3 Å². The quantitative estimate of drug-likeness (QED) is 0.0932. The summed E-state index contributed by atoms with van der Waals surface area (Å²) in [5, 5.41) is 16.6. The lowest BCUT2D eigenvalue weighted by molar-refractivity contribution is -0.0102. The standard InChI is InChI=1S/C29H38N4O10/c1-37-25-7-6-23-24(34)20-26(43-28(23)27(25)35)21-2-4-22(5-3-21)29(36)31-8-10-38-12-14-40-16-18-42-19-17-41-15-13-39-11-9-32-33-30/h2-7,26,35H,8-20H2,1H3,(H,31,36). The zero-order chi connectivity index (χ0) is 30.7. The van der Waals surface area contributed by atoms with Crippen molar-refractivity contribution in [2.24, 2.45) is 5.11 Å². The Hall–Kier alpha value is -3.91. The number of carbonyl (C=O) groups is 2. The monoisotopic (exact) mass is 602 g/mol. The van der Waals surface area contributed by atoms with Gasteiger partial charge in [-0.15, -0.1) is 0 Å². The van der Waals surface area contributed by atoms with E-state index in [-0.39, 0.29) is 35.4 Å². The van der Waals surface area contributed by atoms with Crippen LogP contribution in [0.3, 0.4) is 0 Å². The number of Topliss-reactive ketones (excluding diaryl/α,β-unsaturated/α-hetero) is 1. The molecule has 2 aromatic carbocycles. The SMILES string of the molecule is COc1ccc2c(c1O)OC(c1ccc(C(=O)NCCOCCOCCOCCOCCOCCN=[N+]=[N-])cc1)CC2=O. The van der Waals surface area contributed by atoms with E-state index in [0.717, 1.165) is 0 Å². The largest absolute Gasteiger partial charge is 0.502 e. The lowest BCUT2D eigenvalue weighted by Gasteiger charge is -2.26. The molecule has 0 bridgehead atoms. The highest BCUT2D eigenvalue weighted by Crippen LogP contribution is 2.45. The number of phenols is 1. The van der Waals surface area contributed by atoms with Gasteiger partial charge in [0.2, 0.25) is 5.75 Å². The van der Waals surface area contributed by atoms with Gasteiger partial charge in [0, 0.05) is 23.6 Å². The van der Waals surface area contributed by atoms with E-state index in [1.165, 1.54) is 13.2 Å². The zero-order valence-corrected chi connectivity index (χ0v) is 24.2. The lowest BCUT2D eigenvalue weighted by atomic mass is 9.95. The predicted molar refractivity (Wildman–Crippen MR) is 154 cm³/mol. The third kappa shape index (κ3) is 11.4. The van der Waals surface area contributed by atoms with Crippen molar-refractivity contribution >= 4 is 11.7 Å². The van der Waals surface area contributed by atoms with Gasteiger partial charge in [0.1, 0.15) is 6.10 Å². The summed E-state index contributed by atoms with van der Waals surface area (Å²) in [6, 6.07) is 9.88. The van der Waals surface area contributed by atoms with Gasteiger partial charge in [-0.1, -0.05) is 17.2 Å². The van der Waals surface area contributed by atoms with E-state index in [2.05, 4.69) is 15.3 Å². The summed E-state index contributed by atoms with van der Waals surface area (Å²) in [7, 11) is 1.42. The molecule has 1 atom stereocenters. The fourth-order valence-electron chi connectivity index (χ4n) is 4.02. The molecule has 0 aromatic heterocycles. The molecule has 1 heterocycles. The number of nitrogens with zero attached hydrogens (tertiary/aromatic N) is 3. The molecule has 0 spiro atoms. The van der Waals surface area contributed by atoms with Crippen LogP contribution in [0.5, 0.6) is 17.2 Å². The van der Waals surface area contributed by atoms with Crippen LogP contribution in [0.1, 0.15) is 38.8 Å². The summed E-state index contributed by atoms with van der Waals surface area (Å²) in [6.07, 6.45) is -0.473. The Morgan fingerprint density at radius 3 is 2.09 bits per heavy atom. The van der Waals surface area contributed by atoms with Crippen molar-refractivity contribution in [2.45, 2.75) is 12.5 Å². The fraction of sp³-hybridized carbons (Fsp3) is 0.517. The van der Waals surface area contributed by atoms with E-state index >= 15 is 0 Å². The van der Waals surface area contributed by atoms with Crippen molar-refractivity contribution in [3.8, 4) is 17.2 Å². The number of benzene rings is 2. The first-order chi connectivity index (χ1) is 21.0.